The number of fused-ring (bicyclic) bond motifs is 22. The number of benzene rings is 17. The number of aromatic nitrogens is 6. The van der Waals surface area contributed by atoms with Crippen LogP contribution in [0.25, 0.3) is 206 Å². The summed E-state index contributed by atoms with van der Waals surface area (Å²) in [6.07, 6.45) is -0.667. The predicted octanol–water partition coefficient (Wildman–Crippen LogP) is 39.2. The summed E-state index contributed by atoms with van der Waals surface area (Å²) in [4.78, 5) is 39.7. The third-order valence-corrected chi connectivity index (χ3v) is 103. The second kappa shape index (κ2) is 46.9. The lowest BCUT2D eigenvalue weighted by atomic mass is 9.08. The van der Waals surface area contributed by atoms with E-state index in [1.807, 2.05) is 24.3 Å². The number of anilines is 2. The Balaban J connectivity index is 0.000000137. The Labute approximate surface area is 929 Å². The number of rotatable bonds is 13. The summed E-state index contributed by atoms with van der Waals surface area (Å²) in [6, 6.07) is 128. The van der Waals surface area contributed by atoms with Gasteiger partial charge in [0.05, 0.1) is 86.1 Å². The number of hydrogen-bond acceptors (Lipinski definition) is 8. The van der Waals surface area contributed by atoms with E-state index in [0.717, 1.165) is 167 Å². The molecule has 714 valence electrons. The molecule has 7 aromatic heterocycles. The van der Waals surface area contributed by atoms with Gasteiger partial charge in [0.25, 0.3) is 0 Å². The molecule has 4 N–H and O–H groups in total. The molecular weight excluding hydrogens is 2400 g/mol. The molecule has 10 nitrogen and oxygen atoms in total. The average Bonchev–Trinajstić information content (AvgIpc) is 1.46. The first-order chi connectivity index (χ1) is 70.2. The molecule has 25 rings (SSSR count). The number of carbonyl (C=O) groups is 2. The number of nitrogen functional groups attached to an aromatic ring is 2. The second-order valence-electron chi connectivity index (χ2n) is 33.7. The van der Waals surface area contributed by atoms with Gasteiger partial charge in [-0.15, -0.1) is 85.2 Å². The van der Waals surface area contributed by atoms with Crippen LogP contribution in [0.4, 0.5) is 11.4 Å². The van der Waals surface area contributed by atoms with E-state index in [4.69, 9.17) is 56.2 Å². The number of halogens is 7. The van der Waals surface area contributed by atoms with E-state index in [2.05, 4.69) is 495 Å². The van der Waals surface area contributed by atoms with E-state index in [9.17, 15) is 9.59 Å². The molecule has 0 spiro atoms. The van der Waals surface area contributed by atoms with Crippen molar-refractivity contribution in [1.29, 1.82) is 0 Å². The number of para-hydroxylation sites is 8. The summed E-state index contributed by atoms with van der Waals surface area (Å²) >= 11 is 32.1. The molecule has 0 aliphatic heterocycles. The molecule has 7 heterocycles. The van der Waals surface area contributed by atoms with E-state index >= 15 is 0 Å². The van der Waals surface area contributed by atoms with Crippen molar-refractivity contribution in [3.63, 3.8) is 0 Å². The van der Waals surface area contributed by atoms with Crippen molar-refractivity contribution in [3.8, 4) is 75.6 Å². The summed E-state index contributed by atoms with van der Waals surface area (Å²) in [5.74, 6) is -0.895. The highest BCUT2D eigenvalue weighted by Gasteiger charge is 2.33. The minimum atomic E-state index is -0.750. The number of Topliss-reactive ketones (excluding diaryl/α,β-unsaturated/α-hetero) is 2. The van der Waals surface area contributed by atoms with E-state index in [-0.39, 0.29) is 42.4 Å². The van der Waals surface area contributed by atoms with Gasteiger partial charge >= 0.3 is 0 Å². The average molecular weight is 2490 g/mol. The van der Waals surface area contributed by atoms with Crippen LogP contribution in [0.2, 0.25) is 0 Å². The fourth-order valence-corrected chi connectivity index (χ4v) is 150. The predicted molar refractivity (Wildman–Crippen MR) is 695 cm³/mol. The molecule has 0 fully saturated rings. The molecule has 1 aliphatic carbocycles. The third-order valence-electron chi connectivity index (χ3n) is 24.9. The maximum Gasteiger partial charge on any atom is 0.234 e. The Hall–Kier alpha value is -6.96. The molecule has 0 saturated heterocycles. The molecule has 9 unspecified atom stereocenters. The van der Waals surface area contributed by atoms with Gasteiger partial charge in [-0.25, -0.2) is 9.97 Å². The molecular formula is C110H84B4Br4Cl3N8O2P13S2. The van der Waals surface area contributed by atoms with Crippen molar-refractivity contribution < 1.29 is 9.59 Å². The van der Waals surface area contributed by atoms with Crippen molar-refractivity contribution in [2.45, 2.75) is 11.7 Å². The Morgan fingerprint density at radius 2 is 0.555 bits per heavy atom. The second-order valence-corrected chi connectivity index (χ2v) is 88.9. The van der Waals surface area contributed by atoms with E-state index < -0.39 is 22.2 Å². The number of nitrogens with two attached hydrogens (primary N) is 2. The quantitative estimate of drug-likeness (QED) is 0.0389. The summed E-state index contributed by atoms with van der Waals surface area (Å²) in [7, 11) is 36.2. The fraction of sp³-hybridized carbons (Fsp3) is 0.0182. The maximum atomic E-state index is 12.1. The van der Waals surface area contributed by atoms with Crippen molar-refractivity contribution in [2.24, 2.45) is 0 Å². The van der Waals surface area contributed by atoms with Crippen LogP contribution in [0, 0.1) is 0 Å². The summed E-state index contributed by atoms with van der Waals surface area (Å²) in [6.45, 7) is 0.866. The molecule has 24 aromatic rings. The standard InChI is InChI=1S/C54H30Br2N4S.C40H28N4S.C14H6Br2O2.CHCl3.CH4.B4.H15P13/c55-33-21-25-37-38-26-22-34(56)30-44(38)50-49(43(37)29-33)57-51-52(58-50)54(32-20-24-42-40-16-8-10-18-46(40)60(48(42)28-32)36-13-5-2-6-14-36)61-53(51)31-19-23-41-39-15-7-9-17-45(39)59(47(41)27-31)35-11-3-1-4-12-35;41-37-38(42)40(26-20-22-32-30-16-8-10-18-34(30)44(36(32)24-26)28-13-5-2-6-14-28)45-39(37)25-19-21-31-29-15-7-9-17-33(29)43(35(31)23-25)27-11-3-1-4-12-27;15-7-1-3-9-10-4-2-8(16)6-12(10)14(18)13(17)11(9)5-7;2-1(3)4;;1-4(2)3;1-8-12(9(2)3)13(10(4)5)11(6)7/h1-30H;1-24H,41-42H2;1-6H;1H;1H4;;8H,1-7H2. The zero-order valence-corrected chi connectivity index (χ0v) is 100. The normalized spacial score (nSPS) is 12.1. The van der Waals surface area contributed by atoms with Gasteiger partial charge in [-0.2, -0.15) is 0 Å². The molecule has 0 amide bonds. The molecule has 0 bridgehead atoms. The van der Waals surface area contributed by atoms with Crippen LogP contribution in [-0.4, -0.2) is 73.7 Å². The number of hydrogen-bond donors (Lipinski definition) is 2. The number of thiophene rings is 2. The largest absolute Gasteiger partial charge is 0.396 e. The maximum absolute atomic E-state index is 12.1. The van der Waals surface area contributed by atoms with Gasteiger partial charge in [0, 0.05) is 135 Å². The molecule has 0 saturated carbocycles. The van der Waals surface area contributed by atoms with Crippen LogP contribution in [-0.2, 0) is 0 Å². The van der Waals surface area contributed by atoms with Gasteiger partial charge in [0.2, 0.25) is 11.6 Å². The van der Waals surface area contributed by atoms with Crippen molar-refractivity contribution in [3.05, 3.63) is 393 Å². The molecule has 1 aliphatic rings. The minimum absolute atomic E-state index is 0. The van der Waals surface area contributed by atoms with Crippen LogP contribution in [0.15, 0.2) is 382 Å². The minimum Gasteiger partial charge on any atom is -0.396 e. The number of ketones is 2. The van der Waals surface area contributed by atoms with E-state index in [1.165, 1.54) is 65.2 Å². The Kier molecular flexibility index (Phi) is 34.5. The smallest absolute Gasteiger partial charge is 0.234 e. The number of alkyl halides is 3. The van der Waals surface area contributed by atoms with Gasteiger partial charge in [-0.3, -0.25) is 9.59 Å². The van der Waals surface area contributed by atoms with Crippen LogP contribution < -0.4 is 11.5 Å². The van der Waals surface area contributed by atoms with Crippen molar-refractivity contribution in [1.82, 2.24) is 28.2 Å². The summed E-state index contributed by atoms with van der Waals surface area (Å²) in [5.41, 5.74) is 39.1. The topological polar surface area (TPSA) is 132 Å². The lowest BCUT2D eigenvalue weighted by molar-refractivity contribution is 0.0815. The summed E-state index contributed by atoms with van der Waals surface area (Å²) in [5, 5.41) is 14.2. The van der Waals surface area contributed by atoms with Crippen molar-refractivity contribution >= 4 is 410 Å². The lowest BCUT2D eigenvalue weighted by Gasteiger charge is -2.34. The summed E-state index contributed by atoms with van der Waals surface area (Å²) < 4.78 is 12.3. The fourth-order valence-electron chi connectivity index (χ4n) is 19.0. The first kappa shape index (κ1) is 107. The zero-order chi connectivity index (χ0) is 101. The first-order valence-corrected chi connectivity index (χ1v) is 74.0. The van der Waals surface area contributed by atoms with Crippen LogP contribution >= 0.6 is 227 Å². The molecule has 9 atom stereocenters. The molecule has 36 heteroatoms. The van der Waals surface area contributed by atoms with Crippen LogP contribution in [0.3, 0.4) is 0 Å². The van der Waals surface area contributed by atoms with E-state index in [0.29, 0.717) is 22.5 Å². The van der Waals surface area contributed by atoms with Crippen LogP contribution in [0.1, 0.15) is 28.1 Å². The monoisotopic (exact) mass is 2480 g/mol. The van der Waals surface area contributed by atoms with Gasteiger partial charge < -0.3 is 29.7 Å². The number of carbonyl (C=O) groups excluding carboxylic acids is 2. The Morgan fingerprint density at radius 1 is 0.308 bits per heavy atom. The Morgan fingerprint density at radius 3 is 0.829 bits per heavy atom. The Bertz CT molecular complexity index is 8670. The van der Waals surface area contributed by atoms with Gasteiger partial charge in [0.15, 0.2) is 4.30 Å². The molecule has 6 radical (unpaired) electrons. The molecule has 146 heavy (non-hydrogen) atoms. The highest BCUT2D eigenvalue weighted by molar-refractivity contribution is 9.24. The van der Waals surface area contributed by atoms with Gasteiger partial charge in [-0.05, 0) is 225 Å². The highest BCUT2D eigenvalue weighted by Crippen LogP contribution is 3.18. The van der Waals surface area contributed by atoms with Crippen molar-refractivity contribution in [2.75, 3.05) is 11.5 Å². The SMILES string of the molecule is Brc1ccc2c3ccc(Br)cc3c3nc4c(-c5ccc6c7ccccc7n(-c7ccccc7)c6c5)sc(-c5ccc6c7ccccc7n(-c7ccccc7)c6c5)c4nc3c2c1.C.ClC(Cl)Cl.Nc1c(-c2ccc3c4ccccc4n(-c4ccccc4)c3c2)sc(-c2ccc3c4ccccc4n(-c4ccccc4)c3c2)c1N.O=C1C(=O)c2cc(Br)ccc2-c2ccc(Br)cc21.PPP(P(P)P)P(P(P)P)P(P)P.[B]B([B])[B]. The zero-order valence-electron chi connectivity index (χ0n) is 76.4. The third kappa shape index (κ3) is 21.6. The van der Waals surface area contributed by atoms with Gasteiger partial charge in [-0.1, -0.05) is 332 Å². The van der Waals surface area contributed by atoms with E-state index in [1.54, 1.807) is 34.8 Å². The lowest BCUT2D eigenvalue weighted by Crippen LogP contribution is -2.21. The first-order valence-electron chi connectivity index (χ1n) is 45.0. The molecule has 17 aromatic carbocycles. The highest BCUT2D eigenvalue weighted by atomic mass is 79.9. The van der Waals surface area contributed by atoms with Crippen LogP contribution in [0.5, 0.6) is 0 Å². The number of nitrogens with zero attached hydrogens (tertiary/aromatic N) is 6. The van der Waals surface area contributed by atoms with Gasteiger partial charge in [0.1, 0.15) is 11.0 Å².